The highest BCUT2D eigenvalue weighted by molar-refractivity contribution is 7.98. The largest absolute Gasteiger partial charge is 0.507 e. The van der Waals surface area contributed by atoms with Gasteiger partial charge in [-0.15, -0.1) is 11.8 Å². The van der Waals surface area contributed by atoms with Gasteiger partial charge in [-0.05, 0) is 37.4 Å². The summed E-state index contributed by atoms with van der Waals surface area (Å²) in [6, 6.07) is 7.29. The van der Waals surface area contributed by atoms with Crippen LogP contribution in [0, 0.1) is 6.92 Å². The number of nitrogens with zero attached hydrogens (tertiary/aromatic N) is 1. The minimum absolute atomic E-state index is 0.0146. The van der Waals surface area contributed by atoms with Crippen LogP contribution in [0.1, 0.15) is 5.56 Å². The van der Waals surface area contributed by atoms with Crippen LogP contribution in [0.15, 0.2) is 40.2 Å². The summed E-state index contributed by atoms with van der Waals surface area (Å²) in [5.41, 5.74) is 2.26. The van der Waals surface area contributed by atoms with Crippen LogP contribution in [0.5, 0.6) is 5.75 Å². The summed E-state index contributed by atoms with van der Waals surface area (Å²) in [5, 5.41) is 9.94. The number of phenols is 1. The Labute approximate surface area is 110 Å². The number of rotatable bonds is 2. The molecule has 0 aliphatic carbocycles. The van der Waals surface area contributed by atoms with Crippen LogP contribution in [0.2, 0.25) is 0 Å². The number of pyridine rings is 1. The number of thioether (sulfide) groups is 1. The lowest BCUT2D eigenvalue weighted by Gasteiger charge is -2.09. The smallest absolute Gasteiger partial charge is 0.253 e. The zero-order chi connectivity index (χ0) is 13.3. The second kappa shape index (κ2) is 4.90. The van der Waals surface area contributed by atoms with E-state index >= 15 is 0 Å². The van der Waals surface area contributed by atoms with E-state index in [0.29, 0.717) is 5.56 Å². The number of benzene rings is 1. The van der Waals surface area contributed by atoms with Gasteiger partial charge < -0.3 is 9.67 Å². The third-order valence-corrected chi connectivity index (χ3v) is 3.60. The summed E-state index contributed by atoms with van der Waals surface area (Å²) >= 11 is 1.62. The number of aromatic hydroxyl groups is 1. The Balaban J connectivity index is 2.65. The molecular weight excluding hydrogens is 246 g/mol. The van der Waals surface area contributed by atoms with Crippen LogP contribution in [0.25, 0.3) is 11.1 Å². The summed E-state index contributed by atoms with van der Waals surface area (Å²) in [6.45, 7) is 1.78. The van der Waals surface area contributed by atoms with Crippen molar-refractivity contribution in [1.82, 2.24) is 4.57 Å². The van der Waals surface area contributed by atoms with E-state index in [1.165, 1.54) is 4.57 Å². The molecule has 1 aromatic carbocycles. The van der Waals surface area contributed by atoms with Crippen LogP contribution >= 0.6 is 11.8 Å². The molecule has 3 nitrogen and oxygen atoms in total. The van der Waals surface area contributed by atoms with Crippen molar-refractivity contribution in [2.75, 3.05) is 6.26 Å². The molecule has 0 aliphatic heterocycles. The van der Waals surface area contributed by atoms with E-state index in [1.54, 1.807) is 38.0 Å². The van der Waals surface area contributed by atoms with Crippen molar-refractivity contribution in [3.05, 3.63) is 46.4 Å². The summed E-state index contributed by atoms with van der Waals surface area (Å²) in [4.78, 5) is 12.7. The molecule has 0 unspecified atom stereocenters. The number of aromatic nitrogens is 1. The SMILES string of the molecule is CSc1ccc(O)c(-c2cc(C)c(=O)n(C)c2)c1. The standard InChI is InChI=1S/C14H15NO2S/c1-9-6-10(8-15(2)14(9)17)12-7-11(18-3)4-5-13(12)16/h4-8,16H,1-3H3. The number of hydrogen-bond donors (Lipinski definition) is 1. The molecule has 0 saturated heterocycles. The molecule has 0 fully saturated rings. The fourth-order valence-electron chi connectivity index (χ4n) is 1.90. The third-order valence-electron chi connectivity index (χ3n) is 2.88. The maximum Gasteiger partial charge on any atom is 0.253 e. The Kier molecular flexibility index (Phi) is 3.48. The average Bonchev–Trinajstić information content (AvgIpc) is 2.36. The van der Waals surface area contributed by atoms with Crippen molar-refractivity contribution in [3.8, 4) is 16.9 Å². The molecule has 0 bridgehead atoms. The van der Waals surface area contributed by atoms with Gasteiger partial charge in [0.15, 0.2) is 0 Å². The maximum absolute atomic E-state index is 11.7. The average molecular weight is 261 g/mol. The first-order chi connectivity index (χ1) is 8.52. The van der Waals surface area contributed by atoms with Crippen molar-refractivity contribution in [3.63, 3.8) is 0 Å². The molecule has 0 radical (unpaired) electrons. The molecular formula is C14H15NO2S. The van der Waals surface area contributed by atoms with E-state index in [0.717, 1.165) is 16.0 Å². The molecule has 2 aromatic rings. The Morgan fingerprint density at radius 3 is 2.61 bits per heavy atom. The van der Waals surface area contributed by atoms with Crippen molar-refractivity contribution in [2.24, 2.45) is 7.05 Å². The van der Waals surface area contributed by atoms with Gasteiger partial charge in [0.25, 0.3) is 5.56 Å². The lowest BCUT2D eigenvalue weighted by Crippen LogP contribution is -2.18. The quantitative estimate of drug-likeness (QED) is 0.845. The predicted molar refractivity (Wildman–Crippen MR) is 75.3 cm³/mol. The third kappa shape index (κ3) is 2.29. The van der Waals surface area contributed by atoms with Gasteiger partial charge in [-0.2, -0.15) is 0 Å². The van der Waals surface area contributed by atoms with Gasteiger partial charge in [-0.1, -0.05) is 0 Å². The first-order valence-corrected chi connectivity index (χ1v) is 6.80. The van der Waals surface area contributed by atoms with Gasteiger partial charge in [-0.3, -0.25) is 4.79 Å². The molecule has 0 spiro atoms. The maximum atomic E-state index is 11.7. The Bertz CT molecular complexity index is 620. The van der Waals surface area contributed by atoms with Crippen LogP contribution in [0.4, 0.5) is 0 Å². The van der Waals surface area contributed by atoms with Crippen molar-refractivity contribution < 1.29 is 5.11 Å². The van der Waals surface area contributed by atoms with Crippen LogP contribution < -0.4 is 5.56 Å². The van der Waals surface area contributed by atoms with Gasteiger partial charge in [-0.25, -0.2) is 0 Å². The van der Waals surface area contributed by atoms with Gasteiger partial charge in [0.05, 0.1) is 0 Å². The molecule has 1 aromatic heterocycles. The van der Waals surface area contributed by atoms with E-state index in [4.69, 9.17) is 0 Å². The van der Waals surface area contributed by atoms with E-state index in [9.17, 15) is 9.90 Å². The monoisotopic (exact) mass is 261 g/mol. The lowest BCUT2D eigenvalue weighted by atomic mass is 10.1. The van der Waals surface area contributed by atoms with Crippen molar-refractivity contribution in [2.45, 2.75) is 11.8 Å². The summed E-state index contributed by atoms with van der Waals surface area (Å²) < 4.78 is 1.54. The molecule has 1 N–H and O–H groups in total. The fourth-order valence-corrected chi connectivity index (χ4v) is 2.34. The molecule has 18 heavy (non-hydrogen) atoms. The predicted octanol–water partition coefficient (Wildman–Crippen LogP) is 2.79. The van der Waals surface area contributed by atoms with Crippen LogP contribution in [0.3, 0.4) is 0 Å². The van der Waals surface area contributed by atoms with Gasteiger partial charge in [0, 0.05) is 34.8 Å². The molecule has 1 heterocycles. The Morgan fingerprint density at radius 2 is 2.00 bits per heavy atom. The van der Waals surface area contributed by atoms with Crippen LogP contribution in [-0.2, 0) is 7.05 Å². The molecule has 0 amide bonds. The Morgan fingerprint density at radius 1 is 1.28 bits per heavy atom. The van der Waals surface area contributed by atoms with Crippen molar-refractivity contribution >= 4 is 11.8 Å². The lowest BCUT2D eigenvalue weighted by molar-refractivity contribution is 0.477. The normalized spacial score (nSPS) is 10.6. The van der Waals surface area contributed by atoms with Crippen molar-refractivity contribution in [1.29, 1.82) is 0 Å². The summed E-state index contributed by atoms with van der Waals surface area (Å²) in [7, 11) is 1.72. The van der Waals surface area contributed by atoms with E-state index in [2.05, 4.69) is 0 Å². The molecule has 2 rings (SSSR count). The molecule has 4 heteroatoms. The minimum atomic E-state index is -0.0146. The zero-order valence-corrected chi connectivity index (χ0v) is 11.4. The summed E-state index contributed by atoms with van der Waals surface area (Å²) in [6.07, 6.45) is 3.73. The topological polar surface area (TPSA) is 42.2 Å². The Hall–Kier alpha value is -1.68. The van der Waals surface area contributed by atoms with E-state index in [1.807, 2.05) is 24.5 Å². The second-order valence-electron chi connectivity index (χ2n) is 4.21. The second-order valence-corrected chi connectivity index (χ2v) is 5.09. The highest BCUT2D eigenvalue weighted by Gasteiger charge is 2.08. The summed E-state index contributed by atoms with van der Waals surface area (Å²) in [5.74, 6) is 0.228. The minimum Gasteiger partial charge on any atom is -0.507 e. The van der Waals surface area contributed by atoms with E-state index < -0.39 is 0 Å². The molecule has 94 valence electrons. The number of aryl methyl sites for hydroxylation is 2. The van der Waals surface area contributed by atoms with E-state index in [-0.39, 0.29) is 11.3 Å². The highest BCUT2D eigenvalue weighted by Crippen LogP contribution is 2.32. The zero-order valence-electron chi connectivity index (χ0n) is 10.6. The number of hydrogen-bond acceptors (Lipinski definition) is 3. The van der Waals surface area contributed by atoms with Gasteiger partial charge in [0.2, 0.25) is 0 Å². The first kappa shape index (κ1) is 12.8. The van der Waals surface area contributed by atoms with Gasteiger partial charge in [0.1, 0.15) is 5.75 Å². The highest BCUT2D eigenvalue weighted by atomic mass is 32.2. The molecule has 0 atom stereocenters. The fraction of sp³-hybridized carbons (Fsp3) is 0.214. The number of phenolic OH excluding ortho intramolecular Hbond substituents is 1. The van der Waals surface area contributed by atoms with Gasteiger partial charge >= 0.3 is 0 Å². The molecule has 0 aliphatic rings. The molecule has 0 saturated carbocycles. The van der Waals surface area contributed by atoms with Crippen LogP contribution in [-0.4, -0.2) is 15.9 Å². The first-order valence-electron chi connectivity index (χ1n) is 5.57.